The van der Waals surface area contributed by atoms with Crippen LogP contribution in [0.25, 0.3) is 0 Å². The van der Waals surface area contributed by atoms with E-state index in [0.717, 1.165) is 29.8 Å². The van der Waals surface area contributed by atoms with Crippen LogP contribution in [0, 0.1) is 10.8 Å². The van der Waals surface area contributed by atoms with Crippen LogP contribution in [0.1, 0.15) is 87.7 Å². The Morgan fingerprint density at radius 2 is 1.48 bits per heavy atom. The number of rotatable bonds is 6. The van der Waals surface area contributed by atoms with Crippen LogP contribution < -0.4 is 4.74 Å². The van der Waals surface area contributed by atoms with Crippen LogP contribution in [0.5, 0.6) is 5.75 Å². The van der Waals surface area contributed by atoms with Crippen LogP contribution in [-0.2, 0) is 16.2 Å². The van der Waals surface area contributed by atoms with Gasteiger partial charge in [0, 0.05) is 58.4 Å². The first-order chi connectivity index (χ1) is 18.8. The Bertz CT molecular complexity index is 1410. The van der Waals surface area contributed by atoms with E-state index in [1.165, 1.54) is 0 Å². The van der Waals surface area contributed by atoms with Gasteiger partial charge in [0.05, 0.1) is 5.56 Å². The zero-order valence-corrected chi connectivity index (χ0v) is 24.5. The number of ether oxygens (including phenoxy) is 1. The zero-order valence-electron chi connectivity index (χ0n) is 23.8. The summed E-state index contributed by atoms with van der Waals surface area (Å²) in [5.41, 5.74) is 4.74. The molecule has 1 aliphatic heterocycles. The largest absolute Gasteiger partial charge is 0.489 e. The van der Waals surface area contributed by atoms with E-state index in [-0.39, 0.29) is 34.6 Å². The minimum atomic E-state index is -0.986. The number of hydrogen-bond acceptors (Lipinski definition) is 5. The monoisotopic (exact) mass is 561 g/mol. The van der Waals surface area contributed by atoms with Gasteiger partial charge in [-0.1, -0.05) is 51.4 Å². The predicted octanol–water partition coefficient (Wildman–Crippen LogP) is 7.32. The van der Waals surface area contributed by atoms with Gasteiger partial charge in [-0.3, -0.25) is 9.59 Å². The van der Waals surface area contributed by atoms with Crippen LogP contribution in [0.15, 0.2) is 65.0 Å². The van der Waals surface area contributed by atoms with E-state index in [1.54, 1.807) is 36.4 Å². The number of allylic oxidation sites excluding steroid dienone is 4. The van der Waals surface area contributed by atoms with Crippen molar-refractivity contribution in [3.05, 3.63) is 86.7 Å². The van der Waals surface area contributed by atoms with Gasteiger partial charge in [-0.2, -0.15) is 0 Å². The molecular formula is C33H36ClNO5. The Morgan fingerprint density at radius 1 is 0.925 bits per heavy atom. The van der Waals surface area contributed by atoms with Gasteiger partial charge in [0.15, 0.2) is 11.6 Å². The zero-order chi connectivity index (χ0) is 29.0. The summed E-state index contributed by atoms with van der Waals surface area (Å²) in [7, 11) is 0. The van der Waals surface area contributed by atoms with E-state index in [2.05, 4.69) is 39.5 Å². The Morgan fingerprint density at radius 3 is 1.98 bits per heavy atom. The number of carboxylic acid groups (broad SMARTS) is 1. The molecule has 2 aromatic rings. The number of benzene rings is 2. The molecule has 0 saturated heterocycles. The van der Waals surface area contributed by atoms with Crippen molar-refractivity contribution in [3.8, 4) is 5.75 Å². The Hall–Kier alpha value is -3.38. The first kappa shape index (κ1) is 28.2. The summed E-state index contributed by atoms with van der Waals surface area (Å²) in [6.45, 7) is 11.5. The van der Waals surface area contributed by atoms with E-state index < -0.39 is 11.9 Å². The molecule has 40 heavy (non-hydrogen) atoms. The van der Waals surface area contributed by atoms with Gasteiger partial charge in [0.25, 0.3) is 0 Å². The third-order valence-corrected chi connectivity index (χ3v) is 8.45. The fourth-order valence-corrected chi connectivity index (χ4v) is 6.70. The summed E-state index contributed by atoms with van der Waals surface area (Å²) in [5, 5.41) is 9.72. The average molecular weight is 562 g/mol. The summed E-state index contributed by atoms with van der Waals surface area (Å²) in [6.07, 6.45) is 2.32. The molecule has 7 heteroatoms. The fraction of sp³-hybridized carbons (Fsp3) is 0.424. The number of aromatic carboxylic acids is 1. The van der Waals surface area contributed by atoms with Crippen molar-refractivity contribution in [2.75, 3.05) is 6.54 Å². The number of carboxylic acids is 1. The van der Waals surface area contributed by atoms with Gasteiger partial charge in [-0.05, 0) is 66.5 Å². The number of hydrogen-bond donors (Lipinski definition) is 1. The second-order valence-electron chi connectivity index (χ2n) is 12.8. The summed E-state index contributed by atoms with van der Waals surface area (Å²) >= 11 is 6.55. The molecule has 0 fully saturated rings. The lowest BCUT2D eigenvalue weighted by atomic mass is 9.63. The first-order valence-corrected chi connectivity index (χ1v) is 14.2. The maximum Gasteiger partial charge on any atom is 0.335 e. The van der Waals surface area contributed by atoms with Crippen molar-refractivity contribution >= 4 is 29.1 Å². The second kappa shape index (κ2) is 10.2. The minimum Gasteiger partial charge on any atom is -0.489 e. The number of carbonyl (C=O) groups is 3. The highest BCUT2D eigenvalue weighted by Crippen LogP contribution is 2.55. The van der Waals surface area contributed by atoms with Crippen molar-refractivity contribution in [2.45, 2.75) is 72.8 Å². The predicted molar refractivity (Wildman–Crippen MR) is 154 cm³/mol. The van der Waals surface area contributed by atoms with Crippen LogP contribution in [0.2, 0.25) is 5.02 Å². The van der Waals surface area contributed by atoms with Crippen molar-refractivity contribution in [3.63, 3.8) is 0 Å². The number of carbonyl (C=O) groups excluding carboxylic acids is 2. The number of halogens is 1. The highest BCUT2D eigenvalue weighted by Gasteiger charge is 2.49. The van der Waals surface area contributed by atoms with Crippen LogP contribution >= 0.6 is 11.6 Å². The smallest absolute Gasteiger partial charge is 0.335 e. The highest BCUT2D eigenvalue weighted by atomic mass is 35.5. The minimum absolute atomic E-state index is 0.0640. The summed E-state index contributed by atoms with van der Waals surface area (Å²) < 4.78 is 6.31. The summed E-state index contributed by atoms with van der Waals surface area (Å²) in [6, 6.07) is 11.9. The molecule has 2 aromatic carbocycles. The molecule has 5 rings (SSSR count). The van der Waals surface area contributed by atoms with E-state index in [1.807, 2.05) is 6.07 Å². The lowest BCUT2D eigenvalue weighted by Gasteiger charge is -2.49. The molecule has 0 bridgehead atoms. The lowest BCUT2D eigenvalue weighted by Crippen LogP contribution is -2.44. The number of ketones is 2. The molecule has 3 aliphatic rings. The van der Waals surface area contributed by atoms with Crippen LogP contribution in [0.3, 0.4) is 0 Å². The lowest BCUT2D eigenvalue weighted by molar-refractivity contribution is -0.119. The maximum atomic E-state index is 13.9. The second-order valence-corrected chi connectivity index (χ2v) is 13.2. The van der Waals surface area contributed by atoms with Crippen LogP contribution in [-0.4, -0.2) is 34.1 Å². The maximum absolute atomic E-state index is 13.9. The van der Waals surface area contributed by atoms with E-state index >= 15 is 0 Å². The highest BCUT2D eigenvalue weighted by molar-refractivity contribution is 6.30. The van der Waals surface area contributed by atoms with Gasteiger partial charge in [0.2, 0.25) is 0 Å². The molecule has 0 aromatic heterocycles. The summed E-state index contributed by atoms with van der Waals surface area (Å²) in [5.74, 6) is -0.860. The quantitative estimate of drug-likeness (QED) is 0.398. The average Bonchev–Trinajstić information content (AvgIpc) is 2.85. The normalized spacial score (nSPS) is 20.4. The Balaban J connectivity index is 1.65. The number of nitrogens with zero attached hydrogens (tertiary/aromatic N) is 1. The molecule has 0 radical (unpaired) electrons. The van der Waals surface area contributed by atoms with Crippen LogP contribution in [0.4, 0.5) is 0 Å². The van der Waals surface area contributed by atoms with Gasteiger partial charge < -0.3 is 14.7 Å². The van der Waals surface area contributed by atoms with Gasteiger partial charge in [-0.15, -0.1) is 0 Å². The molecule has 0 amide bonds. The van der Waals surface area contributed by atoms with Gasteiger partial charge in [-0.25, -0.2) is 4.79 Å². The topological polar surface area (TPSA) is 83.9 Å². The molecule has 0 unspecified atom stereocenters. The van der Waals surface area contributed by atoms with Crippen molar-refractivity contribution in [2.24, 2.45) is 10.8 Å². The van der Waals surface area contributed by atoms with Crippen molar-refractivity contribution in [1.29, 1.82) is 0 Å². The molecule has 1 heterocycles. The molecule has 210 valence electrons. The number of Topliss-reactive ketones (excluding diaryl/α,β-unsaturated/α-hetero) is 2. The van der Waals surface area contributed by atoms with E-state index in [0.29, 0.717) is 46.9 Å². The SMILES string of the molecule is CCN1C2=C(C(=O)CC(C)(C)C2)C(c2cc(Cl)ccc2OCc2ccc(C(=O)O)cc2)C2=C1CC(C)(C)CC2=O. The third kappa shape index (κ3) is 5.22. The van der Waals surface area contributed by atoms with Crippen molar-refractivity contribution in [1.82, 2.24) is 4.90 Å². The third-order valence-electron chi connectivity index (χ3n) is 8.22. The standard InChI is InChI=1S/C33H36ClNO5/c1-6-35-23-14-32(2,3)16-25(36)29(23)28(30-24(35)15-33(4,5)17-26(30)37)22-13-21(34)11-12-27(22)40-18-19-7-9-20(10-8-19)31(38)39/h7-13,28H,6,14-18H2,1-5H3,(H,38,39). The molecule has 1 N–H and O–H groups in total. The molecule has 6 nitrogen and oxygen atoms in total. The fourth-order valence-electron chi connectivity index (χ4n) is 6.52. The van der Waals surface area contributed by atoms with E-state index in [9.17, 15) is 19.5 Å². The van der Waals surface area contributed by atoms with Gasteiger partial charge >= 0.3 is 5.97 Å². The van der Waals surface area contributed by atoms with Gasteiger partial charge in [0.1, 0.15) is 12.4 Å². The molecule has 2 aliphatic carbocycles. The Kier molecular flexibility index (Phi) is 7.20. The summed E-state index contributed by atoms with van der Waals surface area (Å²) in [4.78, 5) is 41.3. The molecular weight excluding hydrogens is 526 g/mol. The first-order valence-electron chi connectivity index (χ1n) is 13.8. The Labute approximate surface area is 240 Å². The molecule has 0 atom stereocenters. The molecule has 0 saturated carbocycles. The van der Waals surface area contributed by atoms with Crippen molar-refractivity contribution < 1.29 is 24.2 Å². The van der Waals surface area contributed by atoms with E-state index in [4.69, 9.17) is 16.3 Å². The molecule has 0 spiro atoms.